The van der Waals surface area contributed by atoms with Crippen LogP contribution in [-0.2, 0) is 4.79 Å². The summed E-state index contributed by atoms with van der Waals surface area (Å²) in [5.41, 5.74) is -0.428. The Hall–Kier alpha value is -2.51. The van der Waals surface area contributed by atoms with Crippen LogP contribution in [0.25, 0.3) is 0 Å². The highest BCUT2D eigenvalue weighted by atomic mass is 16.4. The molecule has 0 fully saturated rings. The molecular formula is C12H15N3O5. The highest BCUT2D eigenvalue weighted by Crippen LogP contribution is 2.08. The summed E-state index contributed by atoms with van der Waals surface area (Å²) in [5.74, 6) is -3.35. The Kier molecular flexibility index (Phi) is 5.13. The molecule has 3 N–H and O–H groups in total. The van der Waals surface area contributed by atoms with Crippen LogP contribution in [0.4, 0.5) is 0 Å². The van der Waals surface area contributed by atoms with Crippen molar-refractivity contribution < 1.29 is 24.6 Å². The normalized spacial score (nSPS) is 13.3. The number of aliphatic carboxylic acids is 1. The number of aromatic carboxylic acids is 1. The molecule has 0 unspecified atom stereocenters. The lowest BCUT2D eigenvalue weighted by Gasteiger charge is -2.19. The van der Waals surface area contributed by atoms with Crippen molar-refractivity contribution in [2.24, 2.45) is 5.92 Å². The van der Waals surface area contributed by atoms with E-state index in [9.17, 15) is 14.4 Å². The summed E-state index contributed by atoms with van der Waals surface area (Å²) in [5, 5.41) is 20.1. The van der Waals surface area contributed by atoms with Crippen molar-refractivity contribution in [3.8, 4) is 0 Å². The van der Waals surface area contributed by atoms with Gasteiger partial charge in [-0.25, -0.2) is 19.6 Å². The molecule has 1 amide bonds. The summed E-state index contributed by atoms with van der Waals surface area (Å²) in [6, 6.07) is -1.03. The zero-order chi connectivity index (χ0) is 15.3. The number of aromatic nitrogens is 2. The number of hydrogen-bond donors (Lipinski definition) is 3. The van der Waals surface area contributed by atoms with Crippen molar-refractivity contribution in [2.75, 3.05) is 0 Å². The Morgan fingerprint density at radius 2 is 1.75 bits per heavy atom. The molecule has 0 spiro atoms. The van der Waals surface area contributed by atoms with Gasteiger partial charge in [0.25, 0.3) is 5.91 Å². The largest absolute Gasteiger partial charge is 0.480 e. The van der Waals surface area contributed by atoms with Crippen LogP contribution in [0.2, 0.25) is 0 Å². The number of amides is 1. The van der Waals surface area contributed by atoms with Gasteiger partial charge in [0, 0.05) is 0 Å². The highest BCUT2D eigenvalue weighted by Gasteiger charge is 2.26. The van der Waals surface area contributed by atoms with Gasteiger partial charge in [0.15, 0.2) is 5.69 Å². The molecule has 1 rings (SSSR count). The molecule has 0 aromatic carbocycles. The maximum Gasteiger partial charge on any atom is 0.356 e. The van der Waals surface area contributed by atoms with E-state index in [1.807, 2.05) is 6.92 Å². The van der Waals surface area contributed by atoms with E-state index in [-0.39, 0.29) is 17.3 Å². The Bertz CT molecular complexity index is 514. The summed E-state index contributed by atoms with van der Waals surface area (Å²) in [6.07, 6.45) is 2.52. The second-order valence-electron chi connectivity index (χ2n) is 4.27. The van der Waals surface area contributed by atoms with Gasteiger partial charge in [-0.15, -0.1) is 0 Å². The van der Waals surface area contributed by atoms with E-state index in [1.54, 1.807) is 6.92 Å². The molecule has 8 nitrogen and oxygen atoms in total. The molecule has 108 valence electrons. The van der Waals surface area contributed by atoms with Crippen LogP contribution < -0.4 is 5.32 Å². The zero-order valence-electron chi connectivity index (χ0n) is 11.0. The van der Waals surface area contributed by atoms with Crippen LogP contribution in [0.5, 0.6) is 0 Å². The fraction of sp³-hybridized carbons (Fsp3) is 0.417. The molecule has 1 aromatic heterocycles. The molecule has 20 heavy (non-hydrogen) atoms. The molecule has 0 aliphatic carbocycles. The van der Waals surface area contributed by atoms with Crippen molar-refractivity contribution in [3.63, 3.8) is 0 Å². The van der Waals surface area contributed by atoms with Gasteiger partial charge >= 0.3 is 11.9 Å². The standard InChI is InChI=1S/C12H15N3O5/c1-3-6(2)9(12(19)20)15-10(16)7-4-14-8(5-13-7)11(17)18/h4-6,9H,3H2,1-2H3,(H,15,16)(H,17,18)(H,19,20)/t6-,9-/m0/s1. The van der Waals surface area contributed by atoms with Crippen LogP contribution in [0, 0.1) is 5.92 Å². The van der Waals surface area contributed by atoms with Gasteiger partial charge < -0.3 is 15.5 Å². The average Bonchev–Trinajstić information content (AvgIpc) is 2.43. The van der Waals surface area contributed by atoms with Gasteiger partial charge in [0.05, 0.1) is 12.4 Å². The number of carbonyl (C=O) groups is 3. The second kappa shape index (κ2) is 6.60. The summed E-state index contributed by atoms with van der Waals surface area (Å²) < 4.78 is 0. The van der Waals surface area contributed by atoms with Crippen molar-refractivity contribution in [3.05, 3.63) is 23.8 Å². The van der Waals surface area contributed by atoms with Gasteiger partial charge in [0.2, 0.25) is 0 Å². The van der Waals surface area contributed by atoms with Crippen molar-refractivity contribution >= 4 is 17.8 Å². The molecule has 0 radical (unpaired) electrons. The third-order valence-corrected chi connectivity index (χ3v) is 2.87. The fourth-order valence-electron chi connectivity index (χ4n) is 1.45. The van der Waals surface area contributed by atoms with Crippen molar-refractivity contribution in [2.45, 2.75) is 26.3 Å². The Morgan fingerprint density at radius 1 is 1.20 bits per heavy atom. The fourth-order valence-corrected chi connectivity index (χ4v) is 1.45. The summed E-state index contributed by atoms with van der Waals surface area (Å²) in [6.45, 7) is 3.52. The van der Waals surface area contributed by atoms with Gasteiger partial charge in [-0.1, -0.05) is 20.3 Å². The van der Waals surface area contributed by atoms with E-state index in [0.717, 1.165) is 12.4 Å². The van der Waals surface area contributed by atoms with Crippen molar-refractivity contribution in [1.82, 2.24) is 15.3 Å². The zero-order valence-corrected chi connectivity index (χ0v) is 11.0. The molecule has 0 aliphatic rings. The summed E-state index contributed by atoms with van der Waals surface area (Å²) in [7, 11) is 0. The molecule has 8 heteroatoms. The van der Waals surface area contributed by atoms with Gasteiger partial charge in [0.1, 0.15) is 11.7 Å². The van der Waals surface area contributed by atoms with Crippen molar-refractivity contribution in [1.29, 1.82) is 0 Å². The first kappa shape index (κ1) is 15.5. The van der Waals surface area contributed by atoms with Gasteiger partial charge in [-0.05, 0) is 5.92 Å². The SMILES string of the molecule is CC[C@H](C)[C@H](NC(=O)c1cnc(C(=O)O)cn1)C(=O)O. The number of carboxylic acids is 2. The summed E-state index contributed by atoms with van der Waals surface area (Å²) >= 11 is 0. The second-order valence-corrected chi connectivity index (χ2v) is 4.27. The van der Waals surface area contributed by atoms with E-state index in [2.05, 4.69) is 15.3 Å². The molecule has 1 aromatic rings. The number of carbonyl (C=O) groups excluding carboxylic acids is 1. The number of carboxylic acid groups (broad SMARTS) is 2. The number of nitrogens with zero attached hydrogens (tertiary/aromatic N) is 2. The highest BCUT2D eigenvalue weighted by molar-refractivity contribution is 5.95. The molecule has 0 saturated heterocycles. The smallest absolute Gasteiger partial charge is 0.356 e. The number of nitrogens with one attached hydrogen (secondary N) is 1. The number of rotatable bonds is 6. The molecular weight excluding hydrogens is 266 g/mol. The quantitative estimate of drug-likeness (QED) is 0.688. The van der Waals surface area contributed by atoms with E-state index in [4.69, 9.17) is 10.2 Å². The lowest BCUT2D eigenvalue weighted by Crippen LogP contribution is -2.45. The minimum Gasteiger partial charge on any atom is -0.480 e. The van der Waals surface area contributed by atoms with E-state index >= 15 is 0 Å². The van der Waals surface area contributed by atoms with Crippen LogP contribution >= 0.6 is 0 Å². The Balaban J connectivity index is 2.83. The Labute approximate surface area is 114 Å². The van der Waals surface area contributed by atoms with E-state index in [0.29, 0.717) is 6.42 Å². The van der Waals surface area contributed by atoms with Crippen LogP contribution in [0.3, 0.4) is 0 Å². The maximum atomic E-state index is 11.8. The number of hydrogen-bond acceptors (Lipinski definition) is 5. The first-order valence-electron chi connectivity index (χ1n) is 5.95. The van der Waals surface area contributed by atoms with Gasteiger partial charge in [-0.3, -0.25) is 4.79 Å². The lowest BCUT2D eigenvalue weighted by atomic mass is 9.99. The van der Waals surface area contributed by atoms with E-state index in [1.165, 1.54) is 0 Å². The first-order chi connectivity index (χ1) is 9.36. The third-order valence-electron chi connectivity index (χ3n) is 2.87. The molecule has 1 heterocycles. The molecule has 0 saturated carbocycles. The Morgan fingerprint density at radius 3 is 2.15 bits per heavy atom. The monoisotopic (exact) mass is 281 g/mol. The topological polar surface area (TPSA) is 129 Å². The van der Waals surface area contributed by atoms with Crippen LogP contribution in [-0.4, -0.2) is 44.1 Å². The third kappa shape index (κ3) is 3.74. The van der Waals surface area contributed by atoms with Crippen LogP contribution in [0.1, 0.15) is 41.2 Å². The van der Waals surface area contributed by atoms with Crippen LogP contribution in [0.15, 0.2) is 12.4 Å². The first-order valence-corrected chi connectivity index (χ1v) is 5.95. The minimum absolute atomic E-state index is 0.135. The predicted octanol–water partition coefficient (Wildman–Crippen LogP) is 0.404. The predicted molar refractivity (Wildman–Crippen MR) is 67.3 cm³/mol. The van der Waals surface area contributed by atoms with Gasteiger partial charge in [-0.2, -0.15) is 0 Å². The minimum atomic E-state index is -1.26. The lowest BCUT2D eigenvalue weighted by molar-refractivity contribution is -0.140. The maximum absolute atomic E-state index is 11.8. The molecule has 0 bridgehead atoms. The molecule has 2 atom stereocenters. The summed E-state index contributed by atoms with van der Waals surface area (Å²) in [4.78, 5) is 40.7. The molecule has 0 aliphatic heterocycles. The average molecular weight is 281 g/mol. The van der Waals surface area contributed by atoms with E-state index < -0.39 is 23.9 Å².